The van der Waals surface area contributed by atoms with Crippen molar-refractivity contribution in [2.75, 3.05) is 11.1 Å². The number of aryl methyl sites for hydroxylation is 1. The summed E-state index contributed by atoms with van der Waals surface area (Å²) < 4.78 is 2.09. The lowest BCUT2D eigenvalue weighted by atomic mass is 10.1. The summed E-state index contributed by atoms with van der Waals surface area (Å²) in [5, 5.41) is 5.73. The van der Waals surface area contributed by atoms with Gasteiger partial charge in [-0.25, -0.2) is 4.98 Å². The number of carbonyl (C=O) groups is 1. The topological polar surface area (TPSA) is 64.0 Å². The third-order valence-corrected chi connectivity index (χ3v) is 6.97. The van der Waals surface area contributed by atoms with E-state index in [0.29, 0.717) is 26.1 Å². The van der Waals surface area contributed by atoms with E-state index in [-0.39, 0.29) is 17.2 Å². The van der Waals surface area contributed by atoms with Gasteiger partial charge in [0.05, 0.1) is 17.0 Å². The number of hydrogen-bond acceptors (Lipinski definition) is 5. The maximum atomic E-state index is 13.1. The second-order valence-corrected chi connectivity index (χ2v) is 9.58. The fraction of sp³-hybridized carbons (Fsp3) is 0.208. The van der Waals surface area contributed by atoms with Crippen LogP contribution in [0.25, 0.3) is 15.9 Å². The summed E-state index contributed by atoms with van der Waals surface area (Å²) in [6.45, 7) is 2.17. The molecule has 2 heterocycles. The number of fused-ring (bicyclic) bond motifs is 1. The first-order valence-corrected chi connectivity index (χ1v) is 12.6. The number of nitrogens with one attached hydrogen (secondary N) is 1. The van der Waals surface area contributed by atoms with Gasteiger partial charge in [0.15, 0.2) is 5.16 Å². The van der Waals surface area contributed by atoms with E-state index in [4.69, 9.17) is 11.6 Å². The monoisotopic (exact) mass is 483 g/mol. The Kier molecular flexibility index (Phi) is 7.29. The predicted molar refractivity (Wildman–Crippen MR) is 135 cm³/mol. The van der Waals surface area contributed by atoms with E-state index in [2.05, 4.69) is 17.2 Å². The minimum Gasteiger partial charge on any atom is -0.325 e. The summed E-state index contributed by atoms with van der Waals surface area (Å²) >= 11 is 8.72. The summed E-state index contributed by atoms with van der Waals surface area (Å²) in [6, 6.07) is 16.8. The molecule has 0 aliphatic carbocycles. The largest absolute Gasteiger partial charge is 0.325 e. The van der Waals surface area contributed by atoms with Gasteiger partial charge in [0, 0.05) is 10.7 Å². The van der Waals surface area contributed by atoms with Crippen LogP contribution in [0.15, 0.2) is 69.9 Å². The molecule has 0 aliphatic rings. The van der Waals surface area contributed by atoms with Crippen molar-refractivity contribution in [3.8, 4) is 5.69 Å². The molecule has 8 heteroatoms. The minimum absolute atomic E-state index is 0.125. The van der Waals surface area contributed by atoms with Crippen LogP contribution in [-0.2, 0) is 11.2 Å². The fourth-order valence-corrected chi connectivity index (χ4v) is 5.05. The molecule has 1 N–H and O–H groups in total. The van der Waals surface area contributed by atoms with Crippen LogP contribution in [-0.4, -0.2) is 21.2 Å². The molecule has 2 aromatic carbocycles. The molecule has 4 rings (SSSR count). The molecule has 0 saturated heterocycles. The molecule has 0 aliphatic heterocycles. The van der Waals surface area contributed by atoms with Crippen molar-refractivity contribution in [3.63, 3.8) is 0 Å². The average Bonchev–Trinajstić information content (AvgIpc) is 3.26. The van der Waals surface area contributed by atoms with E-state index in [0.717, 1.165) is 24.9 Å². The summed E-state index contributed by atoms with van der Waals surface area (Å²) in [5.74, 6) is -0.0335. The van der Waals surface area contributed by atoms with Crippen LogP contribution in [0.3, 0.4) is 0 Å². The number of benzene rings is 2. The number of carbonyl (C=O) groups excluding carboxylic acids is 1. The molecule has 0 atom stereocenters. The van der Waals surface area contributed by atoms with Gasteiger partial charge in [-0.05, 0) is 60.2 Å². The molecule has 2 aromatic heterocycles. The molecule has 0 unspecified atom stereocenters. The highest BCUT2D eigenvalue weighted by atomic mass is 35.5. The van der Waals surface area contributed by atoms with Crippen LogP contribution in [0.2, 0.25) is 5.02 Å². The first kappa shape index (κ1) is 22.6. The number of anilines is 1. The zero-order chi connectivity index (χ0) is 22.5. The molecule has 0 spiro atoms. The smallest absolute Gasteiger partial charge is 0.276 e. The number of rotatable bonds is 8. The van der Waals surface area contributed by atoms with Gasteiger partial charge in [0.25, 0.3) is 5.56 Å². The Balaban J connectivity index is 1.53. The minimum atomic E-state index is -0.169. The Bertz CT molecular complexity index is 1300. The summed E-state index contributed by atoms with van der Waals surface area (Å²) in [7, 11) is 0. The highest BCUT2D eigenvalue weighted by Gasteiger charge is 2.16. The first-order valence-electron chi connectivity index (χ1n) is 10.3. The van der Waals surface area contributed by atoms with Gasteiger partial charge >= 0.3 is 0 Å². The number of hydrogen-bond donors (Lipinski definition) is 1. The highest BCUT2D eigenvalue weighted by Crippen LogP contribution is 2.25. The first-order chi connectivity index (χ1) is 15.5. The molecule has 1 amide bonds. The van der Waals surface area contributed by atoms with Crippen molar-refractivity contribution in [3.05, 3.63) is 80.9 Å². The van der Waals surface area contributed by atoms with Gasteiger partial charge in [0.1, 0.15) is 4.70 Å². The third-order valence-electron chi connectivity index (χ3n) is 4.90. The molecule has 0 bridgehead atoms. The number of aromatic nitrogens is 2. The molecule has 5 nitrogen and oxygen atoms in total. The molecule has 0 saturated carbocycles. The fourth-order valence-electron chi connectivity index (χ4n) is 3.29. The summed E-state index contributed by atoms with van der Waals surface area (Å²) in [5.41, 5.74) is 3.10. The second kappa shape index (κ2) is 10.3. The number of nitrogens with zero attached hydrogens (tertiary/aromatic N) is 2. The normalized spacial score (nSPS) is 11.1. The van der Waals surface area contributed by atoms with Gasteiger partial charge in [-0.2, -0.15) is 0 Å². The van der Waals surface area contributed by atoms with Gasteiger partial charge in [-0.3, -0.25) is 14.2 Å². The van der Waals surface area contributed by atoms with E-state index in [1.165, 1.54) is 33.2 Å². The lowest BCUT2D eigenvalue weighted by molar-refractivity contribution is -0.113. The molecule has 32 heavy (non-hydrogen) atoms. The lowest BCUT2D eigenvalue weighted by Gasteiger charge is -2.12. The van der Waals surface area contributed by atoms with Crippen LogP contribution in [0.5, 0.6) is 0 Å². The molecular weight excluding hydrogens is 462 g/mol. The standard InChI is InChI=1S/C24H22ClN3O2S2/c1-2-3-5-16-8-10-18(11-9-16)26-21(29)15-32-24-27-20-12-13-31-22(20)23(30)28(24)19-7-4-6-17(25)14-19/h4,6-14H,2-3,5,15H2,1H3,(H,26,29). The Hall–Kier alpha value is -2.61. The van der Waals surface area contributed by atoms with Crippen molar-refractivity contribution in [1.82, 2.24) is 9.55 Å². The Labute approximate surface area is 199 Å². The quantitative estimate of drug-likeness (QED) is 0.240. The molecule has 164 valence electrons. The number of thioether (sulfide) groups is 1. The zero-order valence-electron chi connectivity index (χ0n) is 17.5. The SMILES string of the molecule is CCCCc1ccc(NC(=O)CSc2nc3ccsc3c(=O)n2-c2cccc(Cl)c2)cc1. The molecule has 0 fully saturated rings. The maximum absolute atomic E-state index is 13.1. The number of thiophene rings is 1. The number of amides is 1. The van der Waals surface area contributed by atoms with Gasteiger partial charge < -0.3 is 5.32 Å². The van der Waals surface area contributed by atoms with Crippen LogP contribution >= 0.6 is 34.7 Å². The number of halogens is 1. The maximum Gasteiger partial charge on any atom is 0.276 e. The molecule has 0 radical (unpaired) electrons. The highest BCUT2D eigenvalue weighted by molar-refractivity contribution is 7.99. The van der Waals surface area contributed by atoms with Crippen molar-refractivity contribution < 1.29 is 4.79 Å². The van der Waals surface area contributed by atoms with E-state index in [1.54, 1.807) is 24.3 Å². The molecule has 4 aromatic rings. The van der Waals surface area contributed by atoms with Crippen molar-refractivity contribution in [1.29, 1.82) is 0 Å². The Morgan fingerprint density at radius 2 is 2.00 bits per heavy atom. The van der Waals surface area contributed by atoms with Crippen molar-refractivity contribution >= 4 is 56.5 Å². The Morgan fingerprint density at radius 3 is 2.75 bits per heavy atom. The van der Waals surface area contributed by atoms with Crippen molar-refractivity contribution in [2.45, 2.75) is 31.3 Å². The van der Waals surface area contributed by atoms with Crippen molar-refractivity contribution in [2.24, 2.45) is 0 Å². The Morgan fingerprint density at radius 1 is 1.19 bits per heavy atom. The van der Waals surface area contributed by atoms with E-state index >= 15 is 0 Å². The van der Waals surface area contributed by atoms with E-state index < -0.39 is 0 Å². The predicted octanol–water partition coefficient (Wildman–Crippen LogP) is 6.17. The molecular formula is C24H22ClN3O2S2. The number of unbranched alkanes of at least 4 members (excludes halogenated alkanes) is 1. The summed E-state index contributed by atoms with van der Waals surface area (Å²) in [6.07, 6.45) is 3.34. The van der Waals surface area contributed by atoms with Gasteiger partial charge in [-0.15, -0.1) is 11.3 Å². The zero-order valence-corrected chi connectivity index (χ0v) is 19.9. The van der Waals surface area contributed by atoms with Crippen LogP contribution < -0.4 is 10.9 Å². The van der Waals surface area contributed by atoms with Gasteiger partial charge in [-0.1, -0.05) is 54.9 Å². The average molecular weight is 484 g/mol. The van der Waals surface area contributed by atoms with Crippen LogP contribution in [0.4, 0.5) is 5.69 Å². The van der Waals surface area contributed by atoms with E-state index in [1.807, 2.05) is 35.7 Å². The second-order valence-electron chi connectivity index (χ2n) is 7.29. The lowest BCUT2D eigenvalue weighted by Crippen LogP contribution is -2.22. The van der Waals surface area contributed by atoms with Crippen LogP contribution in [0.1, 0.15) is 25.3 Å². The van der Waals surface area contributed by atoms with E-state index in [9.17, 15) is 9.59 Å². The summed E-state index contributed by atoms with van der Waals surface area (Å²) in [4.78, 5) is 30.4. The van der Waals surface area contributed by atoms with Crippen LogP contribution in [0, 0.1) is 0 Å². The third kappa shape index (κ3) is 5.23. The van der Waals surface area contributed by atoms with Gasteiger partial charge in [0.2, 0.25) is 5.91 Å².